The van der Waals surface area contributed by atoms with Gasteiger partial charge in [-0.2, -0.15) is 0 Å². The Labute approximate surface area is 170 Å². The topological polar surface area (TPSA) is 0 Å². The average Bonchev–Trinajstić information content (AvgIpc) is 2.71. The van der Waals surface area contributed by atoms with Crippen molar-refractivity contribution in [2.24, 2.45) is 0 Å². The first kappa shape index (κ1) is 20.7. The molecule has 0 nitrogen and oxygen atoms in total. The van der Waals surface area contributed by atoms with Crippen LogP contribution in [0.4, 0.5) is 0 Å². The van der Waals surface area contributed by atoms with Gasteiger partial charge in [0.15, 0.2) is 0 Å². The summed E-state index contributed by atoms with van der Waals surface area (Å²) in [4.78, 5) is 0. The quantitative estimate of drug-likeness (QED) is 0.209. The number of fused-ring (bicyclic) bond motifs is 2. The fourth-order valence-electron chi connectivity index (χ4n) is 4.75. The Kier molecular flexibility index (Phi) is 7.64. The molecule has 0 fully saturated rings. The van der Waals surface area contributed by atoms with Gasteiger partial charge in [0.1, 0.15) is 0 Å². The van der Waals surface area contributed by atoms with Crippen LogP contribution in [0.1, 0.15) is 59.3 Å². The molecule has 1 heteroatoms. The summed E-state index contributed by atoms with van der Waals surface area (Å²) in [6, 6.07) is 21.0. The zero-order valence-electron chi connectivity index (χ0n) is 17.6. The predicted molar refractivity (Wildman–Crippen MR) is 126 cm³/mol. The molecule has 144 valence electrons. The van der Waals surface area contributed by atoms with Crippen molar-refractivity contribution < 1.29 is 0 Å². The van der Waals surface area contributed by atoms with Crippen molar-refractivity contribution in [1.29, 1.82) is 0 Å². The molecule has 3 aromatic rings. The standard InChI is InChI=1S/C14H9.3C4H9.Sn/c1-2-6-12-10-14-8-4-3-7-13(14)9-11(12)5-1;3*1-3-4-2;/h1-7,9-10H;3*1,3-4H2,2H3;. The summed E-state index contributed by atoms with van der Waals surface area (Å²) in [7, 11) is 0. The number of hydrogen-bond donors (Lipinski definition) is 0. The summed E-state index contributed by atoms with van der Waals surface area (Å²) in [5.41, 5.74) is 0. The third-order valence-electron chi connectivity index (χ3n) is 6.34. The van der Waals surface area contributed by atoms with Crippen LogP contribution in [-0.4, -0.2) is 18.4 Å². The first-order chi connectivity index (χ1) is 13.2. The Bertz CT molecular complexity index is 843. The van der Waals surface area contributed by atoms with Crippen LogP contribution < -0.4 is 3.58 Å². The third-order valence-corrected chi connectivity index (χ3v) is 22.1. The molecule has 0 spiro atoms. The zero-order valence-corrected chi connectivity index (χ0v) is 20.4. The van der Waals surface area contributed by atoms with Crippen molar-refractivity contribution in [3.63, 3.8) is 0 Å². The molecule has 0 saturated carbocycles. The second-order valence-electron chi connectivity index (χ2n) is 8.32. The van der Waals surface area contributed by atoms with E-state index in [1.165, 1.54) is 68.0 Å². The van der Waals surface area contributed by atoms with Gasteiger partial charge in [0.25, 0.3) is 0 Å². The van der Waals surface area contributed by atoms with Gasteiger partial charge in [-0.25, -0.2) is 0 Å². The maximum atomic E-state index is 2.54. The summed E-state index contributed by atoms with van der Waals surface area (Å²) in [6.07, 6.45) is 8.29. The van der Waals surface area contributed by atoms with Gasteiger partial charge in [0.05, 0.1) is 0 Å². The first-order valence-corrected chi connectivity index (χ1v) is 18.6. The summed E-state index contributed by atoms with van der Waals surface area (Å²) in [6.45, 7) is 7.10. The molecular formula is C26H36Sn. The molecule has 0 heterocycles. The molecule has 0 radical (unpaired) electrons. The van der Waals surface area contributed by atoms with Gasteiger partial charge in [-0.1, -0.05) is 0 Å². The molecule has 0 aliphatic carbocycles. The van der Waals surface area contributed by atoms with E-state index in [0.717, 1.165) is 0 Å². The monoisotopic (exact) mass is 468 g/mol. The molecule has 27 heavy (non-hydrogen) atoms. The molecule has 0 bridgehead atoms. The summed E-state index contributed by atoms with van der Waals surface area (Å²) < 4.78 is 6.44. The van der Waals surface area contributed by atoms with Crippen LogP contribution in [-0.2, 0) is 0 Å². The SMILES string of the molecule is CCC[CH2][Sn]([CH2]CCC)([CH2]CCC)[c]1cccc2cc3ccccc3cc12. The first-order valence-electron chi connectivity index (χ1n) is 11.2. The van der Waals surface area contributed by atoms with Crippen LogP contribution in [0.15, 0.2) is 54.6 Å². The number of benzene rings is 3. The molecule has 3 rings (SSSR count). The van der Waals surface area contributed by atoms with E-state index in [-0.39, 0.29) is 0 Å². The van der Waals surface area contributed by atoms with Crippen LogP contribution in [0.2, 0.25) is 13.3 Å². The molecule has 0 aliphatic heterocycles. The second kappa shape index (κ2) is 9.96. The van der Waals surface area contributed by atoms with Gasteiger partial charge in [0, 0.05) is 0 Å². The minimum atomic E-state index is -2.42. The summed E-state index contributed by atoms with van der Waals surface area (Å²) in [5, 5.41) is 5.81. The van der Waals surface area contributed by atoms with Crippen molar-refractivity contribution in [3.8, 4) is 0 Å². The van der Waals surface area contributed by atoms with E-state index < -0.39 is 18.4 Å². The number of unbranched alkanes of at least 4 members (excludes halogenated alkanes) is 3. The van der Waals surface area contributed by atoms with Crippen molar-refractivity contribution >= 4 is 43.5 Å². The summed E-state index contributed by atoms with van der Waals surface area (Å²) >= 11 is -2.42. The fourth-order valence-corrected chi connectivity index (χ4v) is 21.6. The van der Waals surface area contributed by atoms with Gasteiger partial charge in [-0.05, 0) is 0 Å². The molecule has 0 aromatic heterocycles. The minimum absolute atomic E-state index is 1.34. The van der Waals surface area contributed by atoms with Crippen molar-refractivity contribution in [3.05, 3.63) is 54.6 Å². The summed E-state index contributed by atoms with van der Waals surface area (Å²) in [5.74, 6) is 0. The van der Waals surface area contributed by atoms with Crippen LogP contribution in [0.25, 0.3) is 21.5 Å². The van der Waals surface area contributed by atoms with Crippen LogP contribution >= 0.6 is 0 Å². The van der Waals surface area contributed by atoms with E-state index in [1.807, 2.05) is 3.58 Å². The molecule has 0 aliphatic rings. The second-order valence-corrected chi connectivity index (χ2v) is 21.4. The Morgan fingerprint density at radius 2 is 1.11 bits per heavy atom. The predicted octanol–water partition coefficient (Wildman–Crippen LogP) is 8.05. The Balaban J connectivity index is 2.18. The van der Waals surface area contributed by atoms with Crippen LogP contribution in [0.5, 0.6) is 0 Å². The zero-order chi connectivity index (χ0) is 19.1. The normalized spacial score (nSPS) is 12.1. The van der Waals surface area contributed by atoms with Crippen molar-refractivity contribution in [2.45, 2.75) is 72.6 Å². The van der Waals surface area contributed by atoms with E-state index in [4.69, 9.17) is 0 Å². The Morgan fingerprint density at radius 1 is 0.593 bits per heavy atom. The third kappa shape index (κ3) is 4.70. The Hall–Kier alpha value is -1.02. The van der Waals surface area contributed by atoms with Crippen molar-refractivity contribution in [2.75, 3.05) is 0 Å². The van der Waals surface area contributed by atoms with E-state index in [9.17, 15) is 0 Å². The molecular weight excluding hydrogens is 431 g/mol. The van der Waals surface area contributed by atoms with Crippen LogP contribution in [0, 0.1) is 0 Å². The number of rotatable bonds is 10. The van der Waals surface area contributed by atoms with Crippen molar-refractivity contribution in [1.82, 2.24) is 0 Å². The van der Waals surface area contributed by atoms with E-state index >= 15 is 0 Å². The van der Waals surface area contributed by atoms with E-state index in [1.54, 1.807) is 5.39 Å². The van der Waals surface area contributed by atoms with Gasteiger partial charge < -0.3 is 0 Å². The van der Waals surface area contributed by atoms with Crippen LogP contribution in [0.3, 0.4) is 0 Å². The molecule has 3 aromatic carbocycles. The molecule has 0 saturated heterocycles. The molecule has 0 unspecified atom stereocenters. The van der Waals surface area contributed by atoms with Gasteiger partial charge in [0.2, 0.25) is 0 Å². The molecule has 0 amide bonds. The molecule has 0 atom stereocenters. The Morgan fingerprint density at radius 3 is 1.67 bits per heavy atom. The van der Waals surface area contributed by atoms with Gasteiger partial charge >= 0.3 is 171 Å². The van der Waals surface area contributed by atoms with E-state index in [0.29, 0.717) is 0 Å². The van der Waals surface area contributed by atoms with E-state index in [2.05, 4.69) is 75.4 Å². The fraction of sp³-hybridized carbons (Fsp3) is 0.462. The maximum absolute atomic E-state index is 2.54. The van der Waals surface area contributed by atoms with Gasteiger partial charge in [-0.15, -0.1) is 0 Å². The molecule has 0 N–H and O–H groups in total. The average molecular weight is 467 g/mol. The number of hydrogen-bond acceptors (Lipinski definition) is 0. The van der Waals surface area contributed by atoms with Gasteiger partial charge in [-0.3, -0.25) is 0 Å².